The number of hydrogen-bond acceptors (Lipinski definition) is 5. The first-order chi connectivity index (χ1) is 9.63. The monoisotopic (exact) mass is 295 g/mol. The van der Waals surface area contributed by atoms with Gasteiger partial charge in [0.15, 0.2) is 5.01 Å². The summed E-state index contributed by atoms with van der Waals surface area (Å²) in [5, 5.41) is 10.2. The standard InChI is InChI=1S/C12H11F2N5S/c1-7-2-3-9-15-4-8(19(9)6-7)5-16-12-18-17-11(20-12)10(13)14/h2-4,6,10H,5H2,1H3,(H,16,18). The van der Waals surface area contributed by atoms with E-state index in [0.29, 0.717) is 11.7 Å². The molecular formula is C12H11F2N5S. The van der Waals surface area contributed by atoms with Crippen LogP contribution >= 0.6 is 11.3 Å². The van der Waals surface area contributed by atoms with Gasteiger partial charge in [0.25, 0.3) is 6.43 Å². The van der Waals surface area contributed by atoms with Crippen molar-refractivity contribution in [2.24, 2.45) is 0 Å². The van der Waals surface area contributed by atoms with Crippen molar-refractivity contribution in [2.75, 3.05) is 5.32 Å². The summed E-state index contributed by atoms with van der Waals surface area (Å²) in [6, 6.07) is 3.91. The lowest BCUT2D eigenvalue weighted by Gasteiger charge is -2.03. The van der Waals surface area contributed by atoms with Gasteiger partial charge in [0.05, 0.1) is 18.4 Å². The molecule has 0 saturated heterocycles. The van der Waals surface area contributed by atoms with E-state index in [1.165, 1.54) is 0 Å². The van der Waals surface area contributed by atoms with Gasteiger partial charge in [-0.1, -0.05) is 17.4 Å². The van der Waals surface area contributed by atoms with Gasteiger partial charge in [-0.3, -0.25) is 0 Å². The average molecular weight is 295 g/mol. The molecule has 0 aliphatic carbocycles. The van der Waals surface area contributed by atoms with Gasteiger partial charge in [0.1, 0.15) is 5.65 Å². The Morgan fingerprint density at radius 1 is 1.35 bits per heavy atom. The first kappa shape index (κ1) is 12.9. The lowest BCUT2D eigenvalue weighted by atomic mass is 10.3. The van der Waals surface area contributed by atoms with E-state index in [4.69, 9.17) is 0 Å². The van der Waals surface area contributed by atoms with Crippen LogP contribution in [0.1, 0.15) is 22.7 Å². The van der Waals surface area contributed by atoms with Gasteiger partial charge < -0.3 is 9.72 Å². The van der Waals surface area contributed by atoms with Crippen molar-refractivity contribution in [3.63, 3.8) is 0 Å². The van der Waals surface area contributed by atoms with Crippen molar-refractivity contribution in [1.82, 2.24) is 19.6 Å². The number of aryl methyl sites for hydroxylation is 1. The van der Waals surface area contributed by atoms with Gasteiger partial charge >= 0.3 is 0 Å². The summed E-state index contributed by atoms with van der Waals surface area (Å²) in [5.74, 6) is 0. The van der Waals surface area contributed by atoms with Crippen LogP contribution < -0.4 is 5.32 Å². The largest absolute Gasteiger partial charge is 0.354 e. The Hall–Kier alpha value is -2.09. The molecule has 3 heterocycles. The molecule has 5 nitrogen and oxygen atoms in total. The molecule has 0 aromatic carbocycles. The summed E-state index contributed by atoms with van der Waals surface area (Å²) in [6.07, 6.45) is 1.14. The van der Waals surface area contributed by atoms with Gasteiger partial charge in [-0.15, -0.1) is 10.2 Å². The second-order valence-corrected chi connectivity index (χ2v) is 5.29. The van der Waals surface area contributed by atoms with Crippen LogP contribution in [0.15, 0.2) is 24.5 Å². The Morgan fingerprint density at radius 2 is 2.20 bits per heavy atom. The zero-order valence-electron chi connectivity index (χ0n) is 10.5. The van der Waals surface area contributed by atoms with E-state index >= 15 is 0 Å². The Kier molecular flexibility index (Phi) is 3.31. The molecule has 0 unspecified atom stereocenters. The summed E-state index contributed by atoms with van der Waals surface area (Å²) >= 11 is 0.858. The minimum absolute atomic E-state index is 0.276. The molecule has 8 heteroatoms. The third-order valence-corrected chi connectivity index (χ3v) is 3.67. The number of fused-ring (bicyclic) bond motifs is 1. The van der Waals surface area contributed by atoms with E-state index in [2.05, 4.69) is 20.5 Å². The third kappa shape index (κ3) is 2.46. The Labute approximate surface area is 117 Å². The second kappa shape index (κ2) is 5.12. The highest BCUT2D eigenvalue weighted by molar-refractivity contribution is 7.15. The molecule has 3 aromatic rings. The van der Waals surface area contributed by atoms with Crippen LogP contribution in [0, 0.1) is 6.92 Å². The molecule has 104 valence electrons. The Morgan fingerprint density at radius 3 is 2.95 bits per heavy atom. The first-order valence-corrected chi connectivity index (χ1v) is 6.73. The number of rotatable bonds is 4. The average Bonchev–Trinajstić information content (AvgIpc) is 3.02. The van der Waals surface area contributed by atoms with Crippen LogP contribution in [0.4, 0.5) is 13.9 Å². The van der Waals surface area contributed by atoms with E-state index in [1.54, 1.807) is 6.20 Å². The highest BCUT2D eigenvalue weighted by atomic mass is 32.1. The molecule has 20 heavy (non-hydrogen) atoms. The van der Waals surface area contributed by atoms with Gasteiger partial charge in [-0.05, 0) is 18.6 Å². The van der Waals surface area contributed by atoms with Crippen LogP contribution in [0.5, 0.6) is 0 Å². The van der Waals surface area contributed by atoms with Crippen molar-refractivity contribution < 1.29 is 8.78 Å². The minimum atomic E-state index is -2.58. The molecule has 0 fully saturated rings. The number of pyridine rings is 1. The third-order valence-electron chi connectivity index (χ3n) is 2.78. The fraction of sp³-hybridized carbons (Fsp3) is 0.250. The number of imidazole rings is 1. The minimum Gasteiger partial charge on any atom is -0.354 e. The predicted octanol–water partition coefficient (Wildman–Crippen LogP) is 3.04. The van der Waals surface area contributed by atoms with E-state index in [-0.39, 0.29) is 5.01 Å². The molecule has 0 saturated carbocycles. The highest BCUT2D eigenvalue weighted by Gasteiger charge is 2.14. The maximum atomic E-state index is 12.4. The summed E-state index contributed by atoms with van der Waals surface area (Å²) in [7, 11) is 0. The van der Waals surface area contributed by atoms with E-state index in [0.717, 1.165) is 28.2 Å². The van der Waals surface area contributed by atoms with Crippen molar-refractivity contribution in [1.29, 1.82) is 0 Å². The fourth-order valence-electron chi connectivity index (χ4n) is 1.83. The summed E-state index contributed by atoms with van der Waals surface area (Å²) in [4.78, 5) is 4.28. The van der Waals surface area contributed by atoms with Gasteiger partial charge in [0.2, 0.25) is 5.13 Å². The number of nitrogens with one attached hydrogen (secondary N) is 1. The zero-order chi connectivity index (χ0) is 14.1. The van der Waals surface area contributed by atoms with E-state index in [1.807, 2.05) is 29.7 Å². The molecule has 3 aromatic heterocycles. The van der Waals surface area contributed by atoms with E-state index < -0.39 is 6.43 Å². The molecule has 0 bridgehead atoms. The van der Waals surface area contributed by atoms with Crippen LogP contribution in [0.25, 0.3) is 5.65 Å². The number of aromatic nitrogens is 4. The highest BCUT2D eigenvalue weighted by Crippen LogP contribution is 2.25. The van der Waals surface area contributed by atoms with Crippen molar-refractivity contribution in [3.8, 4) is 0 Å². The summed E-state index contributed by atoms with van der Waals surface area (Å²) in [6.45, 7) is 2.44. The number of nitrogens with zero attached hydrogens (tertiary/aromatic N) is 4. The molecule has 3 rings (SSSR count). The van der Waals surface area contributed by atoms with Crippen molar-refractivity contribution in [3.05, 3.63) is 40.8 Å². The SMILES string of the molecule is Cc1ccc2ncc(CNc3nnc(C(F)F)s3)n2c1. The summed E-state index contributed by atoms with van der Waals surface area (Å²) < 4.78 is 26.8. The molecule has 0 amide bonds. The number of hydrogen-bond donors (Lipinski definition) is 1. The second-order valence-electron chi connectivity index (χ2n) is 4.28. The summed E-state index contributed by atoms with van der Waals surface area (Å²) in [5.41, 5.74) is 2.89. The van der Waals surface area contributed by atoms with Gasteiger partial charge in [0, 0.05) is 6.20 Å². The van der Waals surface area contributed by atoms with Crippen LogP contribution in [0.3, 0.4) is 0 Å². The molecule has 0 aliphatic heterocycles. The van der Waals surface area contributed by atoms with Gasteiger partial charge in [-0.2, -0.15) is 0 Å². The van der Waals surface area contributed by atoms with E-state index in [9.17, 15) is 8.78 Å². The molecule has 0 spiro atoms. The molecule has 0 radical (unpaired) electrons. The fourth-order valence-corrected chi connectivity index (χ4v) is 2.42. The van der Waals surface area contributed by atoms with Crippen molar-refractivity contribution >= 4 is 22.1 Å². The van der Waals surface area contributed by atoms with Crippen molar-refractivity contribution in [2.45, 2.75) is 19.9 Å². The first-order valence-electron chi connectivity index (χ1n) is 5.91. The Balaban J connectivity index is 1.77. The van der Waals surface area contributed by atoms with Crippen LogP contribution in [-0.2, 0) is 6.54 Å². The Bertz CT molecular complexity index is 736. The smallest absolute Gasteiger partial charge is 0.291 e. The van der Waals surface area contributed by atoms with Crippen LogP contribution in [-0.4, -0.2) is 19.6 Å². The topological polar surface area (TPSA) is 55.1 Å². The maximum Gasteiger partial charge on any atom is 0.291 e. The number of alkyl halides is 2. The molecule has 1 N–H and O–H groups in total. The molecule has 0 aliphatic rings. The van der Waals surface area contributed by atoms with Crippen LogP contribution in [0.2, 0.25) is 0 Å². The number of halogens is 2. The quantitative estimate of drug-likeness (QED) is 0.804. The number of anilines is 1. The predicted molar refractivity (Wildman–Crippen MR) is 72.1 cm³/mol. The zero-order valence-corrected chi connectivity index (χ0v) is 11.4. The molecular weight excluding hydrogens is 284 g/mol. The maximum absolute atomic E-state index is 12.4. The lowest BCUT2D eigenvalue weighted by molar-refractivity contribution is 0.150. The molecule has 0 atom stereocenters. The normalized spacial score (nSPS) is 11.4. The van der Waals surface area contributed by atoms with Gasteiger partial charge in [-0.25, -0.2) is 13.8 Å². The lowest BCUT2D eigenvalue weighted by Crippen LogP contribution is -2.02.